The first kappa shape index (κ1) is 23.0. The molecule has 3 aromatic rings. The van der Waals surface area contributed by atoms with E-state index in [1.165, 1.54) is 31.8 Å². The van der Waals surface area contributed by atoms with Gasteiger partial charge in [-0.25, -0.2) is 14.4 Å². The van der Waals surface area contributed by atoms with Crippen LogP contribution in [0, 0.1) is 5.82 Å². The highest BCUT2D eigenvalue weighted by molar-refractivity contribution is 6.31. The molecule has 1 amide bonds. The van der Waals surface area contributed by atoms with Gasteiger partial charge in [-0.15, -0.1) is 0 Å². The van der Waals surface area contributed by atoms with Gasteiger partial charge in [0.25, 0.3) is 0 Å². The van der Waals surface area contributed by atoms with Gasteiger partial charge in [0.2, 0.25) is 5.91 Å². The number of ether oxygens (including phenoxy) is 2. The van der Waals surface area contributed by atoms with Crippen LogP contribution < -0.4 is 20.1 Å². The van der Waals surface area contributed by atoms with Crippen molar-refractivity contribution < 1.29 is 18.7 Å². The van der Waals surface area contributed by atoms with Gasteiger partial charge in [0.1, 0.15) is 24.6 Å². The molecule has 0 aliphatic heterocycles. The Labute approximate surface area is 196 Å². The zero-order valence-electron chi connectivity index (χ0n) is 18.4. The Morgan fingerprint density at radius 1 is 1.15 bits per heavy atom. The molecular weight excluding hydrogens is 447 g/mol. The van der Waals surface area contributed by atoms with Crippen LogP contribution in [0.2, 0.25) is 5.02 Å². The number of fused-ring (bicyclic) bond motifs is 1. The largest absolute Gasteiger partial charge is 0.488 e. The minimum absolute atomic E-state index is 0.0227. The first-order valence-electron chi connectivity index (χ1n) is 11.0. The minimum atomic E-state index is -0.487. The van der Waals surface area contributed by atoms with Gasteiger partial charge in [-0.2, -0.15) is 0 Å². The van der Waals surface area contributed by atoms with E-state index >= 15 is 0 Å². The first-order chi connectivity index (χ1) is 16.0. The van der Waals surface area contributed by atoms with Crippen molar-refractivity contribution in [3.05, 3.63) is 47.5 Å². The number of halogens is 2. The number of hydrogen-bond acceptors (Lipinski definition) is 6. The molecule has 174 valence electrons. The van der Waals surface area contributed by atoms with E-state index in [0.29, 0.717) is 41.7 Å². The van der Waals surface area contributed by atoms with E-state index in [-0.39, 0.29) is 17.0 Å². The van der Waals surface area contributed by atoms with E-state index < -0.39 is 5.82 Å². The standard InChI is InChI=1S/C24H26ClFN4O3/c1-15(31)27-9-10-32-22-13-21-18(12-23(22)33-17-5-3-2-4-6-17)24(29-14-28-21)30-16-7-8-20(26)19(25)11-16/h7-8,11-14,17H,2-6,9-10H2,1H3,(H,27,31)(H,28,29,30). The maximum absolute atomic E-state index is 13.5. The SMILES string of the molecule is CC(=O)NCCOc1cc2ncnc(Nc3ccc(F)c(Cl)c3)c2cc1OC1CCCCC1. The third kappa shape index (κ3) is 6.01. The molecule has 4 rings (SSSR count). The second-order valence-electron chi connectivity index (χ2n) is 8.00. The molecule has 1 heterocycles. The Balaban J connectivity index is 1.65. The lowest BCUT2D eigenvalue weighted by atomic mass is 9.98. The van der Waals surface area contributed by atoms with E-state index in [0.717, 1.165) is 31.1 Å². The van der Waals surface area contributed by atoms with Gasteiger partial charge in [0.15, 0.2) is 11.5 Å². The maximum atomic E-state index is 13.5. The fourth-order valence-corrected chi connectivity index (χ4v) is 4.01. The number of carbonyl (C=O) groups excluding carboxylic acids is 1. The molecule has 33 heavy (non-hydrogen) atoms. The summed E-state index contributed by atoms with van der Waals surface area (Å²) >= 11 is 5.92. The topological polar surface area (TPSA) is 85.4 Å². The normalized spacial score (nSPS) is 14.2. The van der Waals surface area contributed by atoms with Gasteiger partial charge in [-0.1, -0.05) is 18.0 Å². The van der Waals surface area contributed by atoms with E-state index in [1.54, 1.807) is 6.07 Å². The van der Waals surface area contributed by atoms with Crippen molar-refractivity contribution in [3.63, 3.8) is 0 Å². The Hall–Kier alpha value is -3.13. The highest BCUT2D eigenvalue weighted by Gasteiger charge is 2.19. The summed E-state index contributed by atoms with van der Waals surface area (Å²) in [5, 5.41) is 6.66. The van der Waals surface area contributed by atoms with Crippen LogP contribution in [0.15, 0.2) is 36.7 Å². The van der Waals surface area contributed by atoms with Gasteiger partial charge in [-0.3, -0.25) is 4.79 Å². The second-order valence-corrected chi connectivity index (χ2v) is 8.41. The molecular formula is C24H26ClFN4O3. The zero-order chi connectivity index (χ0) is 23.2. The Kier molecular flexibility index (Phi) is 7.44. The summed E-state index contributed by atoms with van der Waals surface area (Å²) < 4.78 is 25.8. The molecule has 2 N–H and O–H groups in total. The fourth-order valence-electron chi connectivity index (χ4n) is 3.83. The number of amides is 1. The molecule has 2 aromatic carbocycles. The lowest BCUT2D eigenvalue weighted by molar-refractivity contribution is -0.119. The number of rotatable bonds is 8. The average Bonchev–Trinajstić information content (AvgIpc) is 2.80. The summed E-state index contributed by atoms with van der Waals surface area (Å²) in [7, 11) is 0. The molecule has 0 radical (unpaired) electrons. The minimum Gasteiger partial charge on any atom is -0.488 e. The van der Waals surface area contributed by atoms with Gasteiger partial charge in [0.05, 0.1) is 23.2 Å². The molecule has 0 atom stereocenters. The predicted molar refractivity (Wildman–Crippen MR) is 126 cm³/mol. The van der Waals surface area contributed by atoms with E-state index in [4.69, 9.17) is 21.1 Å². The molecule has 1 aliphatic carbocycles. The van der Waals surface area contributed by atoms with E-state index in [2.05, 4.69) is 20.6 Å². The molecule has 0 spiro atoms. The Morgan fingerprint density at radius 2 is 1.97 bits per heavy atom. The summed E-state index contributed by atoms with van der Waals surface area (Å²) in [6, 6.07) is 8.07. The third-order valence-electron chi connectivity index (χ3n) is 5.46. The van der Waals surface area contributed by atoms with Crippen LogP contribution >= 0.6 is 11.6 Å². The quantitative estimate of drug-likeness (QED) is 0.427. The smallest absolute Gasteiger partial charge is 0.216 e. The summed E-state index contributed by atoms with van der Waals surface area (Å²) in [4.78, 5) is 19.9. The molecule has 0 unspecified atom stereocenters. The Morgan fingerprint density at radius 3 is 2.73 bits per heavy atom. The van der Waals surface area contributed by atoms with Gasteiger partial charge < -0.3 is 20.1 Å². The van der Waals surface area contributed by atoms with Crippen LogP contribution in [0.25, 0.3) is 10.9 Å². The van der Waals surface area contributed by atoms with Crippen LogP contribution in [0.1, 0.15) is 39.0 Å². The van der Waals surface area contributed by atoms with Crippen molar-refractivity contribution in [2.75, 3.05) is 18.5 Å². The number of hydrogen-bond donors (Lipinski definition) is 2. The number of nitrogens with one attached hydrogen (secondary N) is 2. The summed E-state index contributed by atoms with van der Waals surface area (Å²) in [5.74, 6) is 1.11. The maximum Gasteiger partial charge on any atom is 0.216 e. The Bertz CT molecular complexity index is 1140. The van der Waals surface area contributed by atoms with Gasteiger partial charge in [0, 0.05) is 24.1 Å². The zero-order valence-corrected chi connectivity index (χ0v) is 19.1. The van der Waals surface area contributed by atoms with Crippen molar-refractivity contribution >= 4 is 39.9 Å². The van der Waals surface area contributed by atoms with E-state index in [9.17, 15) is 9.18 Å². The van der Waals surface area contributed by atoms with Crippen molar-refractivity contribution in [3.8, 4) is 11.5 Å². The molecule has 1 fully saturated rings. The van der Waals surface area contributed by atoms with Gasteiger partial charge in [-0.05, 0) is 49.9 Å². The number of anilines is 2. The van der Waals surface area contributed by atoms with Crippen LogP contribution in [0.3, 0.4) is 0 Å². The summed E-state index contributed by atoms with van der Waals surface area (Å²) in [6.45, 7) is 2.15. The molecule has 1 saturated carbocycles. The molecule has 9 heteroatoms. The monoisotopic (exact) mass is 472 g/mol. The third-order valence-corrected chi connectivity index (χ3v) is 5.75. The van der Waals surface area contributed by atoms with Gasteiger partial charge >= 0.3 is 0 Å². The highest BCUT2D eigenvalue weighted by Crippen LogP contribution is 2.37. The summed E-state index contributed by atoms with van der Waals surface area (Å²) in [5.41, 5.74) is 1.26. The summed E-state index contributed by atoms with van der Waals surface area (Å²) in [6.07, 6.45) is 7.04. The number of aromatic nitrogens is 2. The molecule has 1 aliphatic rings. The lowest BCUT2D eigenvalue weighted by Gasteiger charge is -2.24. The first-order valence-corrected chi connectivity index (χ1v) is 11.4. The van der Waals surface area contributed by atoms with Crippen LogP contribution in [-0.4, -0.2) is 35.1 Å². The van der Waals surface area contributed by atoms with Crippen LogP contribution in [0.5, 0.6) is 11.5 Å². The van der Waals surface area contributed by atoms with Crippen molar-refractivity contribution in [2.45, 2.75) is 45.1 Å². The van der Waals surface area contributed by atoms with E-state index in [1.807, 2.05) is 12.1 Å². The molecule has 1 aromatic heterocycles. The highest BCUT2D eigenvalue weighted by atomic mass is 35.5. The second kappa shape index (κ2) is 10.7. The van der Waals surface area contributed by atoms with Crippen molar-refractivity contribution in [2.24, 2.45) is 0 Å². The van der Waals surface area contributed by atoms with Crippen molar-refractivity contribution in [1.82, 2.24) is 15.3 Å². The fraction of sp³-hybridized carbons (Fsp3) is 0.375. The molecule has 0 bridgehead atoms. The lowest BCUT2D eigenvalue weighted by Crippen LogP contribution is -2.25. The average molecular weight is 473 g/mol. The number of benzene rings is 2. The number of nitrogens with zero attached hydrogens (tertiary/aromatic N) is 2. The van der Waals surface area contributed by atoms with Crippen LogP contribution in [-0.2, 0) is 4.79 Å². The predicted octanol–water partition coefficient (Wildman–Crippen LogP) is 5.39. The number of carbonyl (C=O) groups is 1. The van der Waals surface area contributed by atoms with Crippen LogP contribution in [0.4, 0.5) is 15.9 Å². The van der Waals surface area contributed by atoms with Crippen molar-refractivity contribution in [1.29, 1.82) is 0 Å². The molecule has 7 nitrogen and oxygen atoms in total. The molecule has 0 saturated heterocycles.